The van der Waals surface area contributed by atoms with Gasteiger partial charge in [0.05, 0.1) is 37.0 Å². The van der Waals surface area contributed by atoms with E-state index in [9.17, 15) is 22.8 Å². The lowest BCUT2D eigenvalue weighted by Crippen LogP contribution is -2.21. The van der Waals surface area contributed by atoms with Gasteiger partial charge in [-0.15, -0.1) is 11.3 Å². The molecule has 2 heterocycles. The second-order valence-corrected chi connectivity index (χ2v) is 9.14. The number of nitrogens with zero attached hydrogens (tertiary/aromatic N) is 2. The van der Waals surface area contributed by atoms with E-state index < -0.39 is 29.5 Å². The Bertz CT molecular complexity index is 1510. The summed E-state index contributed by atoms with van der Waals surface area (Å²) in [7, 11) is 1.54. The molecule has 0 radical (unpaired) electrons. The standard InChI is InChI=1S/C26H23F3N4O4S/c1-5-37-25(34)21-14(3)23(15-6-7-19(20(8-15)36-4)33-11-13(2)30-12-33)38-24(21)32-26(35)31-16-9-17(27)22(29)18(28)10-16/h6-12H,5H2,1-4H3,(H2,31,32,35). The number of carbonyl (C=O) groups is 2. The summed E-state index contributed by atoms with van der Waals surface area (Å²) in [6.07, 6.45) is 3.52. The number of halogens is 3. The summed E-state index contributed by atoms with van der Waals surface area (Å²) in [5.74, 6) is -4.66. The van der Waals surface area contributed by atoms with Gasteiger partial charge in [0.2, 0.25) is 0 Å². The van der Waals surface area contributed by atoms with Gasteiger partial charge in [-0.3, -0.25) is 5.32 Å². The minimum Gasteiger partial charge on any atom is -0.495 e. The predicted molar refractivity (Wildman–Crippen MR) is 138 cm³/mol. The van der Waals surface area contributed by atoms with Crippen LogP contribution < -0.4 is 15.4 Å². The van der Waals surface area contributed by atoms with Crippen molar-refractivity contribution in [3.05, 3.63) is 77.1 Å². The minimum atomic E-state index is -1.65. The number of hydrogen-bond donors (Lipinski definition) is 2. The summed E-state index contributed by atoms with van der Waals surface area (Å²) in [4.78, 5) is 30.3. The highest BCUT2D eigenvalue weighted by atomic mass is 32.1. The van der Waals surface area contributed by atoms with E-state index in [0.717, 1.165) is 22.7 Å². The quantitative estimate of drug-likeness (QED) is 0.206. The SMILES string of the molecule is CCOC(=O)c1c(NC(=O)Nc2cc(F)c(F)c(F)c2)sc(-c2ccc(-n3cnc(C)c3)c(OC)c2)c1C. The van der Waals surface area contributed by atoms with E-state index in [1.165, 1.54) is 7.11 Å². The summed E-state index contributed by atoms with van der Waals surface area (Å²) in [6, 6.07) is 5.88. The largest absolute Gasteiger partial charge is 0.495 e. The van der Waals surface area contributed by atoms with Crippen molar-refractivity contribution < 1.29 is 32.2 Å². The van der Waals surface area contributed by atoms with Crippen LogP contribution in [0.25, 0.3) is 16.1 Å². The van der Waals surface area contributed by atoms with Crippen LogP contribution in [0.2, 0.25) is 0 Å². The minimum absolute atomic E-state index is 0.107. The maximum absolute atomic E-state index is 13.6. The Balaban J connectivity index is 1.70. The molecule has 12 heteroatoms. The molecule has 0 atom stereocenters. The summed E-state index contributed by atoms with van der Waals surface area (Å²) in [6.45, 7) is 5.35. The Morgan fingerprint density at radius 2 is 1.79 bits per heavy atom. The van der Waals surface area contributed by atoms with Gasteiger partial charge in [0.25, 0.3) is 0 Å². The number of urea groups is 1. The van der Waals surface area contributed by atoms with Crippen LogP contribution in [0.3, 0.4) is 0 Å². The van der Waals surface area contributed by atoms with Crippen molar-refractivity contribution >= 4 is 34.0 Å². The number of anilines is 2. The van der Waals surface area contributed by atoms with Gasteiger partial charge >= 0.3 is 12.0 Å². The number of rotatable bonds is 7. The van der Waals surface area contributed by atoms with Gasteiger partial charge < -0.3 is 19.4 Å². The van der Waals surface area contributed by atoms with E-state index in [1.54, 1.807) is 26.2 Å². The molecule has 0 aliphatic carbocycles. The number of benzene rings is 2. The van der Waals surface area contributed by atoms with Gasteiger partial charge in [-0.05, 0) is 44.0 Å². The van der Waals surface area contributed by atoms with Crippen molar-refractivity contribution in [2.45, 2.75) is 20.8 Å². The third-order valence-electron chi connectivity index (χ3n) is 5.53. The van der Waals surface area contributed by atoms with E-state index in [-0.39, 0.29) is 22.9 Å². The van der Waals surface area contributed by atoms with Crippen molar-refractivity contribution in [2.24, 2.45) is 0 Å². The number of ether oxygens (including phenoxy) is 2. The number of nitrogens with one attached hydrogen (secondary N) is 2. The van der Waals surface area contributed by atoms with Crippen LogP contribution in [-0.4, -0.2) is 35.3 Å². The van der Waals surface area contributed by atoms with Crippen LogP contribution >= 0.6 is 11.3 Å². The number of imidazole rings is 1. The summed E-state index contributed by atoms with van der Waals surface area (Å²) in [5.41, 5.74) is 2.69. The lowest BCUT2D eigenvalue weighted by atomic mass is 10.1. The molecule has 0 fully saturated rings. The topological polar surface area (TPSA) is 94.5 Å². The highest BCUT2D eigenvalue weighted by Crippen LogP contribution is 2.42. The molecule has 0 saturated carbocycles. The van der Waals surface area contributed by atoms with Crippen molar-refractivity contribution in [1.29, 1.82) is 0 Å². The highest BCUT2D eigenvalue weighted by Gasteiger charge is 2.25. The number of aromatic nitrogens is 2. The van der Waals surface area contributed by atoms with E-state index >= 15 is 0 Å². The summed E-state index contributed by atoms with van der Waals surface area (Å²) < 4.78 is 53.0. The van der Waals surface area contributed by atoms with Crippen molar-refractivity contribution in [3.63, 3.8) is 0 Å². The number of thiophene rings is 1. The lowest BCUT2D eigenvalue weighted by Gasteiger charge is -2.11. The zero-order valence-electron chi connectivity index (χ0n) is 20.8. The first-order valence-corrected chi connectivity index (χ1v) is 12.2. The maximum atomic E-state index is 13.6. The van der Waals surface area contributed by atoms with E-state index in [4.69, 9.17) is 9.47 Å². The second-order valence-electron chi connectivity index (χ2n) is 8.12. The van der Waals surface area contributed by atoms with Crippen LogP contribution in [0.15, 0.2) is 42.9 Å². The first kappa shape index (κ1) is 26.7. The number of carbonyl (C=O) groups excluding carboxylic acids is 2. The molecule has 2 aromatic heterocycles. The van der Waals surface area contributed by atoms with E-state index in [0.29, 0.717) is 33.9 Å². The zero-order chi connectivity index (χ0) is 27.6. The van der Waals surface area contributed by atoms with E-state index in [2.05, 4.69) is 15.6 Å². The predicted octanol–water partition coefficient (Wildman–Crippen LogP) is 6.46. The average Bonchev–Trinajstić information content (AvgIpc) is 3.44. The van der Waals surface area contributed by atoms with Crippen LogP contribution in [0.1, 0.15) is 28.5 Å². The van der Waals surface area contributed by atoms with E-state index in [1.807, 2.05) is 29.8 Å². The molecule has 0 saturated heterocycles. The third kappa shape index (κ3) is 5.35. The molecule has 8 nitrogen and oxygen atoms in total. The Kier molecular flexibility index (Phi) is 7.72. The fourth-order valence-electron chi connectivity index (χ4n) is 3.80. The molecule has 0 aliphatic rings. The van der Waals surface area contributed by atoms with Gasteiger partial charge in [0.1, 0.15) is 10.8 Å². The lowest BCUT2D eigenvalue weighted by molar-refractivity contribution is 0.0527. The molecule has 2 N–H and O–H groups in total. The van der Waals surface area contributed by atoms with Crippen LogP contribution in [-0.2, 0) is 4.74 Å². The Morgan fingerprint density at radius 3 is 2.39 bits per heavy atom. The Morgan fingerprint density at radius 1 is 1.08 bits per heavy atom. The third-order valence-corrected chi connectivity index (χ3v) is 6.78. The molecule has 4 rings (SSSR count). The average molecular weight is 545 g/mol. The molecule has 4 aromatic rings. The van der Waals surface area contributed by atoms with Crippen molar-refractivity contribution in [3.8, 4) is 21.9 Å². The molecular formula is C26H23F3N4O4S. The van der Waals surface area contributed by atoms with Crippen LogP contribution in [0, 0.1) is 31.3 Å². The molecule has 2 aromatic carbocycles. The molecular weight excluding hydrogens is 521 g/mol. The summed E-state index contributed by atoms with van der Waals surface area (Å²) in [5, 5.41) is 4.93. The second kappa shape index (κ2) is 11.0. The van der Waals surface area contributed by atoms with Crippen LogP contribution in [0.4, 0.5) is 28.7 Å². The molecule has 38 heavy (non-hydrogen) atoms. The number of esters is 1. The first-order chi connectivity index (χ1) is 18.1. The normalized spacial score (nSPS) is 10.8. The first-order valence-electron chi connectivity index (χ1n) is 11.3. The van der Waals surface area contributed by atoms with Gasteiger partial charge in [0.15, 0.2) is 17.5 Å². The molecule has 0 aliphatic heterocycles. The number of aryl methyl sites for hydroxylation is 1. The van der Waals surface area contributed by atoms with Gasteiger partial charge in [-0.1, -0.05) is 6.07 Å². The summed E-state index contributed by atoms with van der Waals surface area (Å²) >= 11 is 1.11. The fourth-order valence-corrected chi connectivity index (χ4v) is 4.99. The van der Waals surface area contributed by atoms with Gasteiger partial charge in [-0.2, -0.15) is 0 Å². The van der Waals surface area contributed by atoms with Crippen LogP contribution in [0.5, 0.6) is 5.75 Å². The van der Waals surface area contributed by atoms with Gasteiger partial charge in [-0.25, -0.2) is 27.7 Å². The smallest absolute Gasteiger partial charge is 0.341 e. The molecule has 0 bridgehead atoms. The Hall–Kier alpha value is -4.32. The van der Waals surface area contributed by atoms with Crippen molar-refractivity contribution in [1.82, 2.24) is 9.55 Å². The monoisotopic (exact) mass is 544 g/mol. The fraction of sp³-hybridized carbons (Fsp3) is 0.192. The molecule has 2 amide bonds. The van der Waals surface area contributed by atoms with Gasteiger partial charge in [0, 0.05) is 28.9 Å². The molecule has 0 spiro atoms. The maximum Gasteiger partial charge on any atom is 0.341 e. The molecule has 0 unspecified atom stereocenters. The Labute approximate surface area is 220 Å². The highest BCUT2D eigenvalue weighted by molar-refractivity contribution is 7.20. The number of amides is 2. The number of hydrogen-bond acceptors (Lipinski definition) is 6. The number of methoxy groups -OCH3 is 1. The van der Waals surface area contributed by atoms with Crippen molar-refractivity contribution in [2.75, 3.05) is 24.4 Å². The zero-order valence-corrected chi connectivity index (χ0v) is 21.6. The molecule has 198 valence electrons.